The van der Waals surface area contributed by atoms with Crippen LogP contribution in [-0.4, -0.2) is 34.8 Å². The number of amides is 2. The van der Waals surface area contributed by atoms with Crippen LogP contribution in [-0.2, 0) is 15.0 Å². The van der Waals surface area contributed by atoms with Gasteiger partial charge in [0.15, 0.2) is 5.13 Å². The van der Waals surface area contributed by atoms with Gasteiger partial charge in [0.05, 0.1) is 11.3 Å². The van der Waals surface area contributed by atoms with E-state index in [1.54, 1.807) is 6.20 Å². The average Bonchev–Trinajstić information content (AvgIpc) is 3.14. The number of nitrogens with one attached hydrogen (secondary N) is 1. The lowest BCUT2D eigenvalue weighted by atomic mass is 9.63. The fraction of sp³-hybridized carbons (Fsp3) is 0.450. The number of likely N-dealkylation sites (tertiary alicyclic amines) is 1. The third kappa shape index (κ3) is 3.60. The van der Waals surface area contributed by atoms with E-state index in [2.05, 4.69) is 10.3 Å². The number of halogens is 1. The number of aromatic nitrogens is 1. The normalized spacial score (nSPS) is 21.4. The van der Waals surface area contributed by atoms with Gasteiger partial charge in [-0.3, -0.25) is 9.59 Å². The molecule has 4 rings (SSSR count). The maximum Gasteiger partial charge on any atom is 0.233 e. The highest BCUT2D eigenvalue weighted by molar-refractivity contribution is 7.13. The van der Waals surface area contributed by atoms with Crippen molar-refractivity contribution in [1.82, 2.24) is 9.88 Å². The number of hydrogen-bond donors (Lipinski definition) is 1. The Kier molecular flexibility index (Phi) is 5.19. The molecule has 1 aromatic carbocycles. The van der Waals surface area contributed by atoms with Gasteiger partial charge in [-0.05, 0) is 43.4 Å². The second-order valence-electron chi connectivity index (χ2n) is 7.36. The van der Waals surface area contributed by atoms with Gasteiger partial charge in [-0.1, -0.05) is 30.2 Å². The first-order chi connectivity index (χ1) is 13.1. The largest absolute Gasteiger partial charge is 0.341 e. The Morgan fingerprint density at radius 2 is 2.15 bits per heavy atom. The molecule has 1 saturated heterocycles. The van der Waals surface area contributed by atoms with Crippen LogP contribution < -0.4 is 5.32 Å². The van der Waals surface area contributed by atoms with E-state index in [0.29, 0.717) is 23.2 Å². The van der Waals surface area contributed by atoms with Crippen molar-refractivity contribution in [3.8, 4) is 0 Å². The summed E-state index contributed by atoms with van der Waals surface area (Å²) in [5.74, 6) is -0.0984. The molecule has 1 saturated carbocycles. The fourth-order valence-electron chi connectivity index (χ4n) is 4.11. The predicted octanol–water partition coefficient (Wildman–Crippen LogP) is 4.10. The van der Waals surface area contributed by atoms with Crippen molar-refractivity contribution < 1.29 is 9.59 Å². The van der Waals surface area contributed by atoms with Crippen LogP contribution in [0.15, 0.2) is 35.8 Å². The Morgan fingerprint density at radius 1 is 1.30 bits per heavy atom. The highest BCUT2D eigenvalue weighted by atomic mass is 35.5. The van der Waals surface area contributed by atoms with Crippen molar-refractivity contribution in [2.75, 3.05) is 18.4 Å². The summed E-state index contributed by atoms with van der Waals surface area (Å²) in [4.78, 5) is 32.0. The molecule has 1 N–H and O–H groups in total. The topological polar surface area (TPSA) is 62.3 Å². The molecular weight excluding hydrogens is 382 g/mol. The SMILES string of the molecule is O=C(Nc1nccs1)C1CCCN(C(=O)C2(c3cccc(Cl)c3)CCC2)C1. The van der Waals surface area contributed by atoms with Gasteiger partial charge in [0, 0.05) is 29.7 Å². The van der Waals surface area contributed by atoms with E-state index >= 15 is 0 Å². The second-order valence-corrected chi connectivity index (χ2v) is 8.69. The third-order valence-corrected chi connectivity index (χ3v) is 6.66. The molecule has 1 aromatic heterocycles. The molecule has 5 nitrogen and oxygen atoms in total. The summed E-state index contributed by atoms with van der Waals surface area (Å²) in [6.07, 6.45) is 6.04. The smallest absolute Gasteiger partial charge is 0.233 e. The standard InChI is InChI=1S/C20H22ClN3O2S/c21-16-6-1-5-15(12-16)20(7-3-8-20)18(26)24-10-2-4-14(13-24)17(25)23-19-22-9-11-27-19/h1,5-6,9,11-12,14H,2-4,7-8,10,13H2,(H,22,23,25). The summed E-state index contributed by atoms with van der Waals surface area (Å²) in [6.45, 7) is 1.18. The Hall–Kier alpha value is -1.92. The van der Waals surface area contributed by atoms with Crippen molar-refractivity contribution in [3.63, 3.8) is 0 Å². The van der Waals surface area contributed by atoms with E-state index in [1.165, 1.54) is 11.3 Å². The number of thiazole rings is 1. The monoisotopic (exact) mass is 403 g/mol. The zero-order valence-electron chi connectivity index (χ0n) is 15.0. The highest BCUT2D eigenvalue weighted by Gasteiger charge is 2.48. The highest BCUT2D eigenvalue weighted by Crippen LogP contribution is 2.46. The number of carbonyl (C=O) groups is 2. The number of anilines is 1. The molecule has 0 bridgehead atoms. The van der Waals surface area contributed by atoms with Crippen molar-refractivity contribution in [2.45, 2.75) is 37.5 Å². The molecule has 142 valence electrons. The molecular formula is C20H22ClN3O2S. The molecule has 1 atom stereocenters. The molecule has 0 spiro atoms. The molecule has 2 aromatic rings. The lowest BCUT2D eigenvalue weighted by Gasteiger charge is -2.45. The Morgan fingerprint density at radius 3 is 2.81 bits per heavy atom. The van der Waals surface area contributed by atoms with Gasteiger partial charge in [0.2, 0.25) is 11.8 Å². The van der Waals surface area contributed by atoms with E-state index in [9.17, 15) is 9.59 Å². The minimum absolute atomic E-state index is 0.0483. The van der Waals surface area contributed by atoms with Crippen LogP contribution in [0.3, 0.4) is 0 Å². The first kappa shape index (κ1) is 18.4. The van der Waals surface area contributed by atoms with Gasteiger partial charge >= 0.3 is 0 Å². The Bertz CT molecular complexity index is 836. The van der Waals surface area contributed by atoms with E-state index in [-0.39, 0.29) is 17.7 Å². The maximum atomic E-state index is 13.4. The van der Waals surface area contributed by atoms with Crippen molar-refractivity contribution >= 4 is 39.9 Å². The van der Waals surface area contributed by atoms with Gasteiger partial charge in [-0.15, -0.1) is 11.3 Å². The first-order valence-electron chi connectivity index (χ1n) is 9.34. The van der Waals surface area contributed by atoms with Crippen LogP contribution in [0.2, 0.25) is 5.02 Å². The number of carbonyl (C=O) groups excluding carboxylic acids is 2. The van der Waals surface area contributed by atoms with Crippen LogP contribution >= 0.6 is 22.9 Å². The summed E-state index contributed by atoms with van der Waals surface area (Å²) in [5.41, 5.74) is 0.527. The van der Waals surface area contributed by atoms with Gasteiger partial charge < -0.3 is 10.2 Å². The molecule has 2 fully saturated rings. The number of nitrogens with zero attached hydrogens (tertiary/aromatic N) is 2. The molecule has 0 radical (unpaired) electrons. The van der Waals surface area contributed by atoms with Crippen LogP contribution in [0.1, 0.15) is 37.7 Å². The predicted molar refractivity (Wildman–Crippen MR) is 107 cm³/mol. The summed E-state index contributed by atoms with van der Waals surface area (Å²) in [6, 6.07) is 7.65. The second kappa shape index (κ2) is 7.60. The van der Waals surface area contributed by atoms with Crippen LogP contribution in [0.4, 0.5) is 5.13 Å². The van der Waals surface area contributed by atoms with Crippen LogP contribution in [0, 0.1) is 5.92 Å². The summed E-state index contributed by atoms with van der Waals surface area (Å²) >= 11 is 7.57. The van der Waals surface area contributed by atoms with Gasteiger partial charge in [-0.25, -0.2) is 4.98 Å². The van der Waals surface area contributed by atoms with Crippen molar-refractivity contribution in [3.05, 3.63) is 46.4 Å². The molecule has 2 heterocycles. The molecule has 1 aliphatic carbocycles. The average molecular weight is 404 g/mol. The molecule has 7 heteroatoms. The third-order valence-electron chi connectivity index (χ3n) is 5.74. The fourth-order valence-corrected chi connectivity index (χ4v) is 4.84. The van der Waals surface area contributed by atoms with E-state index in [1.807, 2.05) is 34.5 Å². The van der Waals surface area contributed by atoms with Crippen LogP contribution in [0.5, 0.6) is 0 Å². The summed E-state index contributed by atoms with van der Waals surface area (Å²) in [5, 5.41) is 5.97. The maximum absolute atomic E-state index is 13.4. The van der Waals surface area contributed by atoms with Crippen molar-refractivity contribution in [2.24, 2.45) is 5.92 Å². The number of piperidine rings is 1. The zero-order valence-corrected chi connectivity index (χ0v) is 16.6. The molecule has 1 aliphatic heterocycles. The minimum Gasteiger partial charge on any atom is -0.341 e. The van der Waals surface area contributed by atoms with Gasteiger partial charge in [0.1, 0.15) is 0 Å². The van der Waals surface area contributed by atoms with Gasteiger partial charge in [0.25, 0.3) is 0 Å². The number of hydrogen-bond acceptors (Lipinski definition) is 4. The van der Waals surface area contributed by atoms with Gasteiger partial charge in [-0.2, -0.15) is 0 Å². The Balaban J connectivity index is 1.48. The number of benzene rings is 1. The van der Waals surface area contributed by atoms with E-state index in [4.69, 9.17) is 11.6 Å². The summed E-state index contributed by atoms with van der Waals surface area (Å²) < 4.78 is 0. The first-order valence-corrected chi connectivity index (χ1v) is 10.6. The molecule has 2 aliphatic rings. The zero-order chi connectivity index (χ0) is 18.9. The lowest BCUT2D eigenvalue weighted by molar-refractivity contribution is -0.143. The van der Waals surface area contributed by atoms with E-state index < -0.39 is 5.41 Å². The molecule has 1 unspecified atom stereocenters. The van der Waals surface area contributed by atoms with Crippen LogP contribution in [0.25, 0.3) is 0 Å². The van der Waals surface area contributed by atoms with Crippen molar-refractivity contribution in [1.29, 1.82) is 0 Å². The van der Waals surface area contributed by atoms with E-state index in [0.717, 1.165) is 37.7 Å². The molecule has 27 heavy (non-hydrogen) atoms. The lowest BCUT2D eigenvalue weighted by Crippen LogP contribution is -2.54. The quantitative estimate of drug-likeness (QED) is 0.836. The number of rotatable bonds is 4. The minimum atomic E-state index is -0.474. The molecule has 2 amide bonds. The summed E-state index contributed by atoms with van der Waals surface area (Å²) in [7, 11) is 0. The Labute approximate surface area is 167 Å².